The van der Waals surface area contributed by atoms with Gasteiger partial charge >= 0.3 is 12.4 Å². The van der Waals surface area contributed by atoms with Crippen molar-refractivity contribution >= 4 is 7.85 Å². The largest absolute Gasteiger partial charge is 0.416 e. The van der Waals surface area contributed by atoms with Gasteiger partial charge in [0.2, 0.25) is 0 Å². The molecule has 0 bridgehead atoms. The zero-order valence-corrected chi connectivity index (χ0v) is 11.0. The Labute approximate surface area is 124 Å². The third-order valence-corrected chi connectivity index (χ3v) is 3.15. The molecule has 2 aromatic rings. The number of rotatable bonds is 2. The van der Waals surface area contributed by atoms with E-state index in [-0.39, 0.29) is 11.1 Å². The minimum atomic E-state index is -4.54. The SMILES string of the molecule is [B]C(c1cccc(C(F)(F)F)c1)c1cccc(C(F)(F)F)c1. The average Bonchev–Trinajstić information content (AvgIpc) is 2.45. The second kappa shape index (κ2) is 5.70. The predicted molar refractivity (Wildman–Crippen MR) is 70.5 cm³/mol. The van der Waals surface area contributed by atoms with Crippen molar-refractivity contribution in [3.8, 4) is 0 Å². The second-order valence-corrected chi connectivity index (χ2v) is 4.72. The molecular formula is C15H9BF6. The number of hydrogen-bond donors (Lipinski definition) is 0. The van der Waals surface area contributed by atoms with Crippen molar-refractivity contribution in [2.24, 2.45) is 0 Å². The van der Waals surface area contributed by atoms with E-state index in [1.807, 2.05) is 0 Å². The zero-order chi connectivity index (χ0) is 16.5. The Bertz CT molecular complexity index is 602. The van der Waals surface area contributed by atoms with E-state index in [4.69, 9.17) is 7.85 Å². The van der Waals surface area contributed by atoms with E-state index < -0.39 is 29.3 Å². The molecule has 2 rings (SSSR count). The molecule has 22 heavy (non-hydrogen) atoms. The fourth-order valence-corrected chi connectivity index (χ4v) is 2.01. The highest BCUT2D eigenvalue weighted by Crippen LogP contribution is 2.34. The van der Waals surface area contributed by atoms with Crippen molar-refractivity contribution < 1.29 is 26.3 Å². The van der Waals surface area contributed by atoms with Crippen LogP contribution in [0.15, 0.2) is 48.5 Å². The molecule has 0 saturated carbocycles. The van der Waals surface area contributed by atoms with Gasteiger partial charge in [-0.15, -0.1) is 0 Å². The van der Waals surface area contributed by atoms with Gasteiger partial charge in [0.25, 0.3) is 0 Å². The third-order valence-electron chi connectivity index (χ3n) is 3.15. The van der Waals surface area contributed by atoms with Gasteiger partial charge in [-0.25, -0.2) is 0 Å². The maximum Gasteiger partial charge on any atom is 0.416 e. The van der Waals surface area contributed by atoms with Crippen molar-refractivity contribution in [1.29, 1.82) is 0 Å². The Morgan fingerprint density at radius 3 is 1.36 bits per heavy atom. The summed E-state index contributed by atoms with van der Waals surface area (Å²) < 4.78 is 76.0. The Morgan fingerprint density at radius 1 is 0.682 bits per heavy atom. The molecule has 0 fully saturated rings. The maximum absolute atomic E-state index is 12.7. The fourth-order valence-electron chi connectivity index (χ4n) is 2.01. The summed E-state index contributed by atoms with van der Waals surface area (Å²) >= 11 is 0. The van der Waals surface area contributed by atoms with Crippen LogP contribution >= 0.6 is 0 Å². The highest BCUT2D eigenvalue weighted by molar-refractivity contribution is 6.14. The summed E-state index contributed by atoms with van der Waals surface area (Å²) in [6, 6.07) is 8.47. The summed E-state index contributed by atoms with van der Waals surface area (Å²) in [6.07, 6.45) is -9.08. The van der Waals surface area contributed by atoms with E-state index >= 15 is 0 Å². The van der Waals surface area contributed by atoms with Gasteiger partial charge in [0.15, 0.2) is 0 Å². The average molecular weight is 314 g/mol. The first-order chi connectivity index (χ1) is 10.1. The lowest BCUT2D eigenvalue weighted by Crippen LogP contribution is -2.09. The molecule has 0 saturated heterocycles. The Kier molecular flexibility index (Phi) is 4.27. The van der Waals surface area contributed by atoms with Crippen LogP contribution in [0.3, 0.4) is 0 Å². The molecule has 0 N–H and O–H groups in total. The summed E-state index contributed by atoms with van der Waals surface area (Å²) in [5, 5.41) is 0. The molecule has 2 radical (unpaired) electrons. The van der Waals surface area contributed by atoms with E-state index in [0.29, 0.717) is 0 Å². The summed E-state index contributed by atoms with van der Waals surface area (Å²) in [4.78, 5) is 0. The van der Waals surface area contributed by atoms with Gasteiger partial charge in [-0.05, 0) is 29.1 Å². The van der Waals surface area contributed by atoms with E-state index in [9.17, 15) is 26.3 Å². The highest BCUT2D eigenvalue weighted by atomic mass is 19.4. The highest BCUT2D eigenvalue weighted by Gasteiger charge is 2.32. The summed E-state index contributed by atoms with van der Waals surface area (Å²) in [5.41, 5.74) is -1.61. The van der Waals surface area contributed by atoms with Crippen molar-refractivity contribution in [1.82, 2.24) is 0 Å². The maximum atomic E-state index is 12.7. The standard InChI is InChI=1S/C15H9BF6/c16-13(9-3-1-5-11(7-9)14(17,18)19)10-4-2-6-12(8-10)15(20,21)22/h1-8,13H. The van der Waals surface area contributed by atoms with E-state index in [1.54, 1.807) is 0 Å². The fraction of sp³-hybridized carbons (Fsp3) is 0.200. The van der Waals surface area contributed by atoms with Gasteiger partial charge in [-0.1, -0.05) is 36.4 Å². The topological polar surface area (TPSA) is 0 Å². The number of benzene rings is 2. The lowest BCUT2D eigenvalue weighted by Gasteiger charge is -2.17. The zero-order valence-electron chi connectivity index (χ0n) is 11.0. The first-order valence-electron chi connectivity index (χ1n) is 6.19. The summed E-state index contributed by atoms with van der Waals surface area (Å²) in [5.74, 6) is -1.08. The number of halogens is 6. The van der Waals surface area contributed by atoms with E-state index in [2.05, 4.69) is 0 Å². The molecule has 0 spiro atoms. The van der Waals surface area contributed by atoms with Gasteiger partial charge in [0.1, 0.15) is 0 Å². The van der Waals surface area contributed by atoms with Gasteiger partial charge in [-0.2, -0.15) is 26.3 Å². The van der Waals surface area contributed by atoms with Crippen molar-refractivity contribution in [3.63, 3.8) is 0 Å². The predicted octanol–water partition coefficient (Wildman–Crippen LogP) is 4.98. The van der Waals surface area contributed by atoms with Crippen LogP contribution in [0.2, 0.25) is 0 Å². The van der Waals surface area contributed by atoms with E-state index in [1.165, 1.54) is 24.3 Å². The number of hydrogen-bond acceptors (Lipinski definition) is 0. The first kappa shape index (κ1) is 16.5. The van der Waals surface area contributed by atoms with Gasteiger partial charge in [0.05, 0.1) is 19.0 Å². The summed E-state index contributed by atoms with van der Waals surface area (Å²) in [7, 11) is 5.81. The lowest BCUT2D eigenvalue weighted by molar-refractivity contribution is -0.138. The minimum Gasteiger partial charge on any atom is -0.166 e. The van der Waals surface area contributed by atoms with Crippen LogP contribution in [-0.2, 0) is 12.4 Å². The molecule has 0 aliphatic rings. The quantitative estimate of drug-likeness (QED) is 0.541. The lowest BCUT2D eigenvalue weighted by atomic mass is 9.75. The summed E-state index contributed by atoms with van der Waals surface area (Å²) in [6.45, 7) is 0. The Balaban J connectivity index is 2.38. The molecule has 7 heteroatoms. The van der Waals surface area contributed by atoms with Crippen LogP contribution in [0.5, 0.6) is 0 Å². The van der Waals surface area contributed by atoms with Crippen LogP contribution in [-0.4, -0.2) is 7.85 Å². The molecule has 114 valence electrons. The molecule has 0 aliphatic heterocycles. The van der Waals surface area contributed by atoms with Crippen LogP contribution < -0.4 is 0 Å². The van der Waals surface area contributed by atoms with E-state index in [0.717, 1.165) is 24.3 Å². The van der Waals surface area contributed by atoms with Gasteiger partial charge in [0, 0.05) is 0 Å². The smallest absolute Gasteiger partial charge is 0.166 e. The molecule has 2 aromatic carbocycles. The van der Waals surface area contributed by atoms with Crippen molar-refractivity contribution in [2.75, 3.05) is 0 Å². The third kappa shape index (κ3) is 3.64. The molecule has 0 aromatic heterocycles. The normalized spacial score (nSPS) is 12.7. The first-order valence-corrected chi connectivity index (χ1v) is 6.19. The minimum absolute atomic E-state index is 0.0918. The van der Waals surface area contributed by atoms with Crippen LogP contribution in [0, 0.1) is 0 Å². The van der Waals surface area contributed by atoms with Crippen molar-refractivity contribution in [2.45, 2.75) is 18.2 Å². The number of alkyl halides is 6. The Hall–Kier alpha value is -1.92. The molecule has 0 amide bonds. The van der Waals surface area contributed by atoms with Crippen LogP contribution in [0.4, 0.5) is 26.3 Å². The monoisotopic (exact) mass is 314 g/mol. The molecular weight excluding hydrogens is 305 g/mol. The molecule has 0 nitrogen and oxygen atoms in total. The molecule has 0 unspecified atom stereocenters. The van der Waals surface area contributed by atoms with Crippen LogP contribution in [0.25, 0.3) is 0 Å². The van der Waals surface area contributed by atoms with Gasteiger partial charge < -0.3 is 0 Å². The van der Waals surface area contributed by atoms with Crippen molar-refractivity contribution in [3.05, 3.63) is 70.8 Å². The second-order valence-electron chi connectivity index (χ2n) is 4.72. The molecule has 0 aliphatic carbocycles. The Morgan fingerprint density at radius 2 is 1.05 bits per heavy atom. The van der Waals surface area contributed by atoms with Gasteiger partial charge in [-0.3, -0.25) is 0 Å². The van der Waals surface area contributed by atoms with Crippen LogP contribution in [0.1, 0.15) is 28.1 Å². The molecule has 0 heterocycles. The molecule has 0 atom stereocenters.